The number of rotatable bonds is 2. The van der Waals surface area contributed by atoms with Gasteiger partial charge in [0.15, 0.2) is 0 Å². The van der Waals surface area contributed by atoms with E-state index in [2.05, 4.69) is 27.7 Å². The summed E-state index contributed by atoms with van der Waals surface area (Å²) in [6, 6.07) is 15.9. The van der Waals surface area contributed by atoms with Crippen molar-refractivity contribution in [2.45, 2.75) is 27.2 Å². The number of nitrogens with one attached hydrogen (secondary N) is 1. The summed E-state index contributed by atoms with van der Waals surface area (Å²) in [6.45, 7) is 5.68. The van der Waals surface area contributed by atoms with E-state index in [1.54, 1.807) is 0 Å². The van der Waals surface area contributed by atoms with Gasteiger partial charge in [0.25, 0.3) is 0 Å². The zero-order valence-electron chi connectivity index (χ0n) is 14.2. The van der Waals surface area contributed by atoms with Gasteiger partial charge in [0.05, 0.1) is 0 Å². The van der Waals surface area contributed by atoms with E-state index in [0.29, 0.717) is 0 Å². The lowest BCUT2D eigenvalue weighted by Gasteiger charge is -2.18. The first-order valence-corrected chi connectivity index (χ1v) is 8.05. The van der Waals surface area contributed by atoms with Crippen LogP contribution < -0.4 is 5.32 Å². The molecule has 0 saturated heterocycles. The maximum Gasteiger partial charge on any atom is 0.229 e. The Morgan fingerprint density at radius 3 is 2.46 bits per heavy atom. The molecule has 0 aromatic heterocycles. The number of fused-ring (bicyclic) bond motifs is 1. The van der Waals surface area contributed by atoms with E-state index in [1.807, 2.05) is 63.4 Å². The molecule has 122 valence electrons. The van der Waals surface area contributed by atoms with Crippen molar-refractivity contribution in [3.63, 3.8) is 0 Å². The summed E-state index contributed by atoms with van der Waals surface area (Å²) < 4.78 is 0. The molecule has 1 aliphatic rings. The molecule has 0 fully saturated rings. The number of carbonyl (C=O) groups is 1. The van der Waals surface area contributed by atoms with E-state index in [-0.39, 0.29) is 5.91 Å². The number of nitrogens with zero attached hydrogens (tertiary/aromatic N) is 2. The average molecular weight is 319 g/mol. The number of amides is 1. The first-order valence-electron chi connectivity index (χ1n) is 8.05. The molecule has 1 amide bonds. The van der Waals surface area contributed by atoms with Crippen LogP contribution in [0.25, 0.3) is 0 Å². The van der Waals surface area contributed by atoms with Gasteiger partial charge in [0.1, 0.15) is 5.71 Å². The van der Waals surface area contributed by atoms with Crippen molar-refractivity contribution in [3.8, 4) is 0 Å². The first-order chi connectivity index (χ1) is 11.4. The lowest BCUT2D eigenvalue weighted by molar-refractivity contribution is -0.123. The molecule has 0 unspecified atom stereocenters. The van der Waals surface area contributed by atoms with Crippen molar-refractivity contribution in [2.75, 3.05) is 5.32 Å². The largest absolute Gasteiger partial charge is 0.326 e. The summed E-state index contributed by atoms with van der Waals surface area (Å²) in [5, 5.41) is 11.4. The maximum absolute atomic E-state index is 12.1. The van der Waals surface area contributed by atoms with Gasteiger partial charge in [-0.15, -0.1) is 0 Å². The maximum atomic E-state index is 12.1. The zero-order chi connectivity index (χ0) is 17.2. The predicted octanol–water partition coefficient (Wildman–Crippen LogP) is 4.05. The minimum Gasteiger partial charge on any atom is -0.326 e. The molecule has 2 aromatic rings. The summed E-state index contributed by atoms with van der Waals surface area (Å²) in [5.41, 5.74) is 4.51. The van der Waals surface area contributed by atoms with Crippen LogP contribution in [0.2, 0.25) is 0 Å². The van der Waals surface area contributed by atoms with Crippen molar-refractivity contribution in [1.82, 2.24) is 0 Å². The highest BCUT2D eigenvalue weighted by atomic mass is 16.2. The summed E-state index contributed by atoms with van der Waals surface area (Å²) in [7, 11) is 0. The van der Waals surface area contributed by atoms with Crippen LogP contribution in [0.5, 0.6) is 0 Å². The fraction of sp³-hybridized carbons (Fsp3) is 0.250. The Morgan fingerprint density at radius 2 is 1.75 bits per heavy atom. The third-order valence-corrected chi connectivity index (χ3v) is 3.92. The second-order valence-corrected chi connectivity index (χ2v) is 6.89. The average Bonchev–Trinajstić information content (AvgIpc) is 2.77. The Balaban J connectivity index is 1.88. The minimum atomic E-state index is -0.419. The second-order valence-electron chi connectivity index (χ2n) is 6.89. The highest BCUT2D eigenvalue weighted by Gasteiger charge is 2.21. The SMILES string of the molecule is CC(C)(C)C(=O)Nc1ccc(C2=NN=CCc3ccccc32)cc1. The van der Waals surface area contributed by atoms with Gasteiger partial charge in [0.2, 0.25) is 5.91 Å². The molecule has 24 heavy (non-hydrogen) atoms. The lowest BCUT2D eigenvalue weighted by atomic mass is 9.95. The quantitative estimate of drug-likeness (QED) is 0.892. The van der Waals surface area contributed by atoms with Crippen LogP contribution in [-0.2, 0) is 11.2 Å². The molecule has 0 bridgehead atoms. The van der Waals surface area contributed by atoms with E-state index in [4.69, 9.17) is 0 Å². The van der Waals surface area contributed by atoms with Gasteiger partial charge in [-0.2, -0.15) is 10.2 Å². The van der Waals surface area contributed by atoms with Gasteiger partial charge in [-0.1, -0.05) is 57.2 Å². The van der Waals surface area contributed by atoms with Crippen LogP contribution in [0.1, 0.15) is 37.5 Å². The topological polar surface area (TPSA) is 53.8 Å². The molecule has 1 aliphatic heterocycles. The molecule has 0 atom stereocenters. The van der Waals surface area contributed by atoms with Gasteiger partial charge < -0.3 is 5.32 Å². The molecule has 0 spiro atoms. The standard InChI is InChI=1S/C20H21N3O/c1-20(2,3)19(24)22-16-10-8-15(9-11-16)18-17-7-5-4-6-14(17)12-13-21-23-18/h4-11,13H,12H2,1-3H3,(H,22,24). The Kier molecular flexibility index (Phi) is 4.30. The van der Waals surface area contributed by atoms with Gasteiger partial charge in [-0.3, -0.25) is 4.79 Å². The predicted molar refractivity (Wildman–Crippen MR) is 98.8 cm³/mol. The zero-order valence-corrected chi connectivity index (χ0v) is 14.2. The van der Waals surface area contributed by atoms with Crippen LogP contribution in [-0.4, -0.2) is 17.8 Å². The fourth-order valence-electron chi connectivity index (χ4n) is 2.46. The third-order valence-electron chi connectivity index (χ3n) is 3.92. The van der Waals surface area contributed by atoms with Crippen molar-refractivity contribution >= 4 is 23.5 Å². The highest BCUT2D eigenvalue weighted by Crippen LogP contribution is 2.21. The normalized spacial score (nSPS) is 13.7. The summed E-state index contributed by atoms with van der Waals surface area (Å²) in [6.07, 6.45) is 2.60. The Hall–Kier alpha value is -2.75. The fourth-order valence-corrected chi connectivity index (χ4v) is 2.46. The summed E-state index contributed by atoms with van der Waals surface area (Å²) >= 11 is 0. The summed E-state index contributed by atoms with van der Waals surface area (Å²) in [4.78, 5) is 12.1. The third kappa shape index (κ3) is 3.43. The van der Waals surface area contributed by atoms with Crippen LogP contribution in [0.15, 0.2) is 58.7 Å². The summed E-state index contributed by atoms with van der Waals surface area (Å²) in [5.74, 6) is -0.00278. The van der Waals surface area contributed by atoms with E-state index < -0.39 is 5.41 Å². The monoisotopic (exact) mass is 319 g/mol. The molecule has 0 aliphatic carbocycles. The first kappa shape index (κ1) is 16.1. The van der Waals surface area contributed by atoms with Crippen molar-refractivity contribution in [3.05, 3.63) is 65.2 Å². The van der Waals surface area contributed by atoms with Gasteiger partial charge in [-0.05, 0) is 17.7 Å². The van der Waals surface area contributed by atoms with Crippen LogP contribution in [0, 0.1) is 5.41 Å². The number of hydrogen-bond acceptors (Lipinski definition) is 3. The molecule has 1 N–H and O–H groups in total. The second kappa shape index (κ2) is 6.40. The smallest absolute Gasteiger partial charge is 0.229 e. The van der Waals surface area contributed by atoms with Crippen molar-refractivity contribution in [2.24, 2.45) is 15.6 Å². The van der Waals surface area contributed by atoms with E-state index in [0.717, 1.165) is 28.9 Å². The van der Waals surface area contributed by atoms with Crippen molar-refractivity contribution in [1.29, 1.82) is 0 Å². The van der Waals surface area contributed by atoms with Gasteiger partial charge in [-0.25, -0.2) is 0 Å². The highest BCUT2D eigenvalue weighted by molar-refractivity contribution is 6.14. The van der Waals surface area contributed by atoms with Gasteiger partial charge >= 0.3 is 0 Å². The molecule has 0 radical (unpaired) electrons. The van der Waals surface area contributed by atoms with Crippen LogP contribution in [0.3, 0.4) is 0 Å². The Bertz CT molecular complexity index is 812. The number of benzene rings is 2. The van der Waals surface area contributed by atoms with Crippen molar-refractivity contribution < 1.29 is 4.79 Å². The van der Waals surface area contributed by atoms with Gasteiger partial charge in [0, 0.05) is 34.9 Å². The number of carbonyl (C=O) groups excluding carboxylic acids is 1. The molecular weight excluding hydrogens is 298 g/mol. The number of hydrogen-bond donors (Lipinski definition) is 1. The molecule has 4 heteroatoms. The van der Waals surface area contributed by atoms with E-state index in [9.17, 15) is 4.79 Å². The molecule has 2 aromatic carbocycles. The molecule has 1 heterocycles. The Morgan fingerprint density at radius 1 is 1.04 bits per heavy atom. The minimum absolute atomic E-state index is 0.00278. The lowest BCUT2D eigenvalue weighted by Crippen LogP contribution is -2.27. The van der Waals surface area contributed by atoms with Crippen LogP contribution in [0.4, 0.5) is 5.69 Å². The Labute approximate surface area is 142 Å². The molecule has 4 nitrogen and oxygen atoms in total. The van der Waals surface area contributed by atoms with Crippen LogP contribution >= 0.6 is 0 Å². The van der Waals surface area contributed by atoms with E-state index in [1.165, 1.54) is 5.56 Å². The number of anilines is 1. The van der Waals surface area contributed by atoms with E-state index >= 15 is 0 Å². The molecule has 0 saturated carbocycles. The molecule has 3 rings (SSSR count). The molecular formula is C20H21N3O.